The number of nitrogens with zero attached hydrogens (tertiary/aromatic N) is 1. The van der Waals surface area contributed by atoms with Crippen molar-refractivity contribution in [2.45, 2.75) is 6.42 Å². The Morgan fingerprint density at radius 1 is 1.33 bits per heavy atom. The van der Waals surface area contributed by atoms with Gasteiger partial charge in [-0.2, -0.15) is 16.9 Å². The normalized spacial score (nSPS) is 10.2. The molecule has 94 valence electrons. The number of anilines is 1. The van der Waals surface area contributed by atoms with Crippen molar-refractivity contribution < 1.29 is 4.79 Å². The van der Waals surface area contributed by atoms with Crippen LogP contribution in [0.3, 0.4) is 0 Å². The predicted octanol–water partition coefficient (Wildman–Crippen LogP) is 2.32. The zero-order chi connectivity index (χ0) is 12.6. The van der Waals surface area contributed by atoms with Gasteiger partial charge in [-0.25, -0.2) is 0 Å². The second kappa shape index (κ2) is 6.86. The lowest BCUT2D eigenvalue weighted by atomic mass is 10.2. The summed E-state index contributed by atoms with van der Waals surface area (Å²) in [5.41, 5.74) is 2.02. The minimum absolute atomic E-state index is 0.00876. The van der Waals surface area contributed by atoms with Crippen LogP contribution in [0, 0.1) is 0 Å². The average Bonchev–Trinajstić information content (AvgIpc) is 2.89. The molecule has 0 fully saturated rings. The maximum atomic E-state index is 11.5. The first-order valence-corrected chi connectivity index (χ1v) is 6.90. The fourth-order valence-corrected chi connectivity index (χ4v) is 2.30. The topological polar surface area (TPSA) is 57.8 Å². The third kappa shape index (κ3) is 4.25. The second-order valence-corrected chi connectivity index (χ2v) is 4.93. The van der Waals surface area contributed by atoms with Crippen LogP contribution in [0.25, 0.3) is 0 Å². The minimum Gasteiger partial charge on any atom is -0.323 e. The molecule has 0 saturated carbocycles. The summed E-state index contributed by atoms with van der Waals surface area (Å²) in [6.07, 6.45) is 4.24. The van der Waals surface area contributed by atoms with E-state index >= 15 is 0 Å². The summed E-state index contributed by atoms with van der Waals surface area (Å²) in [4.78, 5) is 11.5. The highest BCUT2D eigenvalue weighted by Crippen LogP contribution is 2.08. The van der Waals surface area contributed by atoms with Gasteiger partial charge >= 0.3 is 0 Å². The number of amides is 1. The lowest BCUT2D eigenvalue weighted by molar-refractivity contribution is -0.113. The molecule has 4 nitrogen and oxygen atoms in total. The molecule has 5 heteroatoms. The fraction of sp³-hybridized carbons (Fsp3) is 0.231. The van der Waals surface area contributed by atoms with Crippen LogP contribution < -0.4 is 5.32 Å². The summed E-state index contributed by atoms with van der Waals surface area (Å²) in [6, 6.07) is 10.3. The zero-order valence-electron chi connectivity index (χ0n) is 9.93. The van der Waals surface area contributed by atoms with Crippen LogP contribution >= 0.6 is 11.8 Å². The summed E-state index contributed by atoms with van der Waals surface area (Å²) in [5.74, 6) is 1.43. The van der Waals surface area contributed by atoms with Gasteiger partial charge in [-0.05, 0) is 17.7 Å². The number of thioether (sulfide) groups is 1. The van der Waals surface area contributed by atoms with E-state index in [2.05, 4.69) is 27.6 Å². The Balaban J connectivity index is 1.62. The first-order chi connectivity index (χ1) is 8.84. The van der Waals surface area contributed by atoms with Crippen molar-refractivity contribution in [3.63, 3.8) is 0 Å². The van der Waals surface area contributed by atoms with Crippen molar-refractivity contribution in [3.05, 3.63) is 48.3 Å². The summed E-state index contributed by atoms with van der Waals surface area (Å²) >= 11 is 1.64. The number of H-pyrrole nitrogens is 1. The Bertz CT molecular complexity index is 470. The van der Waals surface area contributed by atoms with Crippen molar-refractivity contribution in [1.29, 1.82) is 0 Å². The van der Waals surface area contributed by atoms with Gasteiger partial charge in [-0.1, -0.05) is 30.3 Å². The quantitative estimate of drug-likeness (QED) is 0.785. The third-order valence-corrected chi connectivity index (χ3v) is 3.35. The van der Waals surface area contributed by atoms with Gasteiger partial charge in [0, 0.05) is 6.20 Å². The molecule has 0 atom stereocenters. The van der Waals surface area contributed by atoms with Crippen LogP contribution in [0.5, 0.6) is 0 Å². The molecule has 2 rings (SSSR count). The van der Waals surface area contributed by atoms with Crippen molar-refractivity contribution in [1.82, 2.24) is 10.2 Å². The van der Waals surface area contributed by atoms with Gasteiger partial charge < -0.3 is 5.32 Å². The number of carbonyl (C=O) groups excluding carboxylic acids is 1. The lowest BCUT2D eigenvalue weighted by Crippen LogP contribution is -2.14. The first kappa shape index (κ1) is 12.7. The molecule has 2 N–H and O–H groups in total. The molecular weight excluding hydrogens is 246 g/mol. The lowest BCUT2D eigenvalue weighted by Gasteiger charge is -2.03. The molecule has 1 amide bonds. The molecule has 1 aromatic heterocycles. The van der Waals surface area contributed by atoms with Gasteiger partial charge in [0.1, 0.15) is 0 Å². The Hall–Kier alpha value is -1.75. The average molecular weight is 261 g/mol. The Kier molecular flexibility index (Phi) is 4.84. The maximum Gasteiger partial charge on any atom is 0.234 e. The third-order valence-electron chi connectivity index (χ3n) is 2.39. The first-order valence-electron chi connectivity index (χ1n) is 5.75. The van der Waals surface area contributed by atoms with Crippen molar-refractivity contribution in [2.24, 2.45) is 0 Å². The molecule has 0 aliphatic rings. The number of benzene rings is 1. The summed E-state index contributed by atoms with van der Waals surface area (Å²) < 4.78 is 0. The van der Waals surface area contributed by atoms with E-state index in [1.807, 2.05) is 18.2 Å². The molecule has 1 aromatic carbocycles. The van der Waals surface area contributed by atoms with Crippen LogP contribution in [-0.2, 0) is 11.2 Å². The Morgan fingerprint density at radius 3 is 2.89 bits per heavy atom. The number of aryl methyl sites for hydroxylation is 1. The van der Waals surface area contributed by atoms with Crippen molar-refractivity contribution in [2.75, 3.05) is 16.8 Å². The van der Waals surface area contributed by atoms with Gasteiger partial charge in [0.25, 0.3) is 0 Å². The number of aromatic amines is 1. The van der Waals surface area contributed by atoms with E-state index in [0.717, 1.165) is 12.2 Å². The standard InChI is InChI=1S/C13H15N3OS/c17-13(16-12-8-14-15-9-12)10-18-7-6-11-4-2-1-3-5-11/h1-5,8-9H,6-7,10H2,(H,14,15)(H,16,17). The molecule has 0 bridgehead atoms. The maximum absolute atomic E-state index is 11.5. The van der Waals surface area contributed by atoms with Gasteiger partial charge in [-0.3, -0.25) is 9.89 Å². The van der Waals surface area contributed by atoms with E-state index in [0.29, 0.717) is 11.4 Å². The zero-order valence-corrected chi connectivity index (χ0v) is 10.7. The van der Waals surface area contributed by atoms with E-state index in [1.54, 1.807) is 24.2 Å². The van der Waals surface area contributed by atoms with Gasteiger partial charge in [0.15, 0.2) is 0 Å². The van der Waals surface area contributed by atoms with Crippen molar-refractivity contribution in [3.8, 4) is 0 Å². The van der Waals surface area contributed by atoms with Gasteiger partial charge in [-0.15, -0.1) is 0 Å². The Labute approximate surface area is 110 Å². The Morgan fingerprint density at radius 2 is 2.17 bits per heavy atom. The van der Waals surface area contributed by atoms with Gasteiger partial charge in [0.2, 0.25) is 5.91 Å². The molecule has 18 heavy (non-hydrogen) atoms. The van der Waals surface area contributed by atoms with Gasteiger partial charge in [0.05, 0.1) is 17.6 Å². The van der Waals surface area contributed by atoms with Crippen molar-refractivity contribution >= 4 is 23.4 Å². The van der Waals surface area contributed by atoms with Crippen LogP contribution in [0.15, 0.2) is 42.7 Å². The van der Waals surface area contributed by atoms with E-state index in [-0.39, 0.29) is 5.91 Å². The largest absolute Gasteiger partial charge is 0.323 e. The smallest absolute Gasteiger partial charge is 0.234 e. The summed E-state index contributed by atoms with van der Waals surface area (Å²) in [5, 5.41) is 9.18. The fourth-order valence-electron chi connectivity index (χ4n) is 1.52. The molecular formula is C13H15N3OS. The highest BCUT2D eigenvalue weighted by Gasteiger charge is 2.03. The number of hydrogen-bond donors (Lipinski definition) is 2. The van der Waals surface area contributed by atoms with Crippen LogP contribution in [-0.4, -0.2) is 27.6 Å². The number of aromatic nitrogens is 2. The number of carbonyl (C=O) groups is 1. The molecule has 2 aromatic rings. The van der Waals surface area contributed by atoms with E-state index in [4.69, 9.17) is 0 Å². The predicted molar refractivity (Wildman–Crippen MR) is 74.7 cm³/mol. The van der Waals surface area contributed by atoms with E-state index in [9.17, 15) is 4.79 Å². The molecule has 0 aliphatic carbocycles. The summed E-state index contributed by atoms with van der Waals surface area (Å²) in [7, 11) is 0. The minimum atomic E-state index is 0.00876. The monoisotopic (exact) mass is 261 g/mol. The molecule has 0 aliphatic heterocycles. The molecule has 0 radical (unpaired) electrons. The molecule has 0 saturated heterocycles. The number of hydrogen-bond acceptors (Lipinski definition) is 3. The number of rotatable bonds is 6. The van der Waals surface area contributed by atoms with Crippen LogP contribution in [0.4, 0.5) is 5.69 Å². The molecule has 0 spiro atoms. The molecule has 0 unspecified atom stereocenters. The SMILES string of the molecule is O=C(CSCCc1ccccc1)Nc1cn[nH]c1. The number of nitrogens with one attached hydrogen (secondary N) is 2. The van der Waals surface area contributed by atoms with E-state index < -0.39 is 0 Å². The summed E-state index contributed by atoms with van der Waals surface area (Å²) in [6.45, 7) is 0. The second-order valence-electron chi connectivity index (χ2n) is 3.82. The highest BCUT2D eigenvalue weighted by molar-refractivity contribution is 7.99. The van der Waals surface area contributed by atoms with Crippen LogP contribution in [0.1, 0.15) is 5.56 Å². The van der Waals surface area contributed by atoms with E-state index in [1.165, 1.54) is 5.56 Å². The molecule has 1 heterocycles. The van der Waals surface area contributed by atoms with Crippen LogP contribution in [0.2, 0.25) is 0 Å². The highest BCUT2D eigenvalue weighted by atomic mass is 32.2.